The fraction of sp³-hybridized carbons (Fsp3) is 0.444. The third-order valence-electron chi connectivity index (χ3n) is 4.36. The number of oxazole rings is 1. The number of hydrogen-bond acceptors (Lipinski definition) is 4. The highest BCUT2D eigenvalue weighted by atomic mass is 35.5. The number of rotatable bonds is 5. The fourth-order valence-corrected chi connectivity index (χ4v) is 3.04. The number of nitrogens with zero attached hydrogens (tertiary/aromatic N) is 1. The molecule has 1 aromatic heterocycles. The van der Waals surface area contributed by atoms with Crippen molar-refractivity contribution in [3.63, 3.8) is 0 Å². The van der Waals surface area contributed by atoms with Gasteiger partial charge in [-0.25, -0.2) is 4.98 Å². The van der Waals surface area contributed by atoms with Crippen molar-refractivity contribution in [1.82, 2.24) is 15.6 Å². The van der Waals surface area contributed by atoms with Crippen molar-refractivity contribution >= 4 is 42.3 Å². The molecule has 2 N–H and O–H groups in total. The summed E-state index contributed by atoms with van der Waals surface area (Å²) in [5, 5.41) is 7.16. The number of piperidine rings is 1. The molecule has 144 valence electrons. The van der Waals surface area contributed by atoms with Crippen LogP contribution in [0.3, 0.4) is 0 Å². The van der Waals surface area contributed by atoms with Crippen LogP contribution in [-0.4, -0.2) is 29.5 Å². The van der Waals surface area contributed by atoms with Crippen LogP contribution in [0, 0.1) is 0 Å². The van der Waals surface area contributed by atoms with E-state index in [0.717, 1.165) is 24.9 Å². The normalized spacial score (nSPS) is 19.2. The first-order chi connectivity index (χ1) is 11.6. The van der Waals surface area contributed by atoms with Gasteiger partial charge in [0.15, 0.2) is 11.7 Å². The largest absolute Gasteiger partial charge is 0.441 e. The molecule has 2 aromatic rings. The lowest BCUT2D eigenvalue weighted by Crippen LogP contribution is -2.51. The average molecular weight is 421 g/mol. The molecule has 2 unspecified atom stereocenters. The molecule has 1 fully saturated rings. The molecule has 5 nitrogen and oxygen atoms in total. The molecule has 2 heterocycles. The fourth-order valence-electron chi connectivity index (χ4n) is 2.91. The van der Waals surface area contributed by atoms with E-state index in [4.69, 9.17) is 16.0 Å². The zero-order chi connectivity index (χ0) is 16.9. The van der Waals surface area contributed by atoms with Crippen LogP contribution >= 0.6 is 36.4 Å². The maximum Gasteiger partial charge on any atom is 0.220 e. The number of amides is 1. The lowest BCUT2D eigenvalue weighted by Gasteiger charge is -2.30. The summed E-state index contributed by atoms with van der Waals surface area (Å²) in [5.74, 6) is 1.30. The number of benzene rings is 1. The van der Waals surface area contributed by atoms with Crippen LogP contribution in [-0.2, 0) is 11.2 Å². The lowest BCUT2D eigenvalue weighted by molar-refractivity contribution is -0.122. The van der Waals surface area contributed by atoms with E-state index in [9.17, 15) is 4.79 Å². The van der Waals surface area contributed by atoms with Gasteiger partial charge in [-0.05, 0) is 50.6 Å². The summed E-state index contributed by atoms with van der Waals surface area (Å²) in [6.45, 7) is 3.13. The van der Waals surface area contributed by atoms with E-state index >= 15 is 0 Å². The first kappa shape index (κ1) is 22.8. The maximum atomic E-state index is 12.1. The molecule has 1 aliphatic rings. The van der Waals surface area contributed by atoms with Crippen molar-refractivity contribution in [3.8, 4) is 11.3 Å². The summed E-state index contributed by atoms with van der Waals surface area (Å²) in [7, 11) is 0. The Morgan fingerprint density at radius 1 is 1.35 bits per heavy atom. The van der Waals surface area contributed by atoms with Crippen molar-refractivity contribution in [1.29, 1.82) is 0 Å². The standard InChI is InChI=1S/C18H22ClN3O2.2ClH/c1-12-15(3-2-10-20-12)22-17(23)8-9-18-21-11-16(24-18)13-4-6-14(19)7-5-13;;/h4-7,11-12,15,20H,2-3,8-10H2,1H3,(H,22,23);2*1H. The summed E-state index contributed by atoms with van der Waals surface area (Å²) in [4.78, 5) is 16.4. The van der Waals surface area contributed by atoms with Gasteiger partial charge in [0.25, 0.3) is 0 Å². The van der Waals surface area contributed by atoms with Gasteiger partial charge in [-0.2, -0.15) is 0 Å². The molecular weight excluding hydrogens is 397 g/mol. The van der Waals surface area contributed by atoms with Gasteiger partial charge in [0.2, 0.25) is 5.91 Å². The van der Waals surface area contributed by atoms with E-state index in [-0.39, 0.29) is 36.8 Å². The molecule has 1 amide bonds. The van der Waals surface area contributed by atoms with Crippen LogP contribution in [0.25, 0.3) is 11.3 Å². The predicted molar refractivity (Wildman–Crippen MR) is 108 cm³/mol. The Kier molecular flexibility index (Phi) is 9.44. The van der Waals surface area contributed by atoms with Gasteiger partial charge < -0.3 is 15.1 Å². The minimum Gasteiger partial charge on any atom is -0.441 e. The maximum absolute atomic E-state index is 12.1. The van der Waals surface area contributed by atoms with E-state index < -0.39 is 0 Å². The quantitative estimate of drug-likeness (QED) is 0.766. The second-order valence-electron chi connectivity index (χ2n) is 6.18. The van der Waals surface area contributed by atoms with Crippen LogP contribution < -0.4 is 10.6 Å². The zero-order valence-electron chi connectivity index (χ0n) is 14.5. The molecule has 1 aliphatic heterocycles. The first-order valence-electron chi connectivity index (χ1n) is 8.35. The van der Waals surface area contributed by atoms with Gasteiger partial charge in [0.1, 0.15) is 0 Å². The molecule has 0 saturated carbocycles. The molecule has 26 heavy (non-hydrogen) atoms. The Labute approximate surface area is 171 Å². The minimum absolute atomic E-state index is 0. The SMILES string of the molecule is CC1NCCCC1NC(=O)CCc1ncc(-c2ccc(Cl)cc2)o1.Cl.Cl. The molecule has 1 saturated heterocycles. The second-order valence-corrected chi connectivity index (χ2v) is 6.62. The van der Waals surface area contributed by atoms with Crippen LogP contribution in [0.2, 0.25) is 5.02 Å². The summed E-state index contributed by atoms with van der Waals surface area (Å²) in [6, 6.07) is 7.92. The number of nitrogens with one attached hydrogen (secondary N) is 2. The van der Waals surface area contributed by atoms with Crippen molar-refractivity contribution in [3.05, 3.63) is 41.4 Å². The Morgan fingerprint density at radius 2 is 2.08 bits per heavy atom. The zero-order valence-corrected chi connectivity index (χ0v) is 16.9. The Hall–Kier alpha value is -1.27. The van der Waals surface area contributed by atoms with Crippen molar-refractivity contribution in [2.24, 2.45) is 0 Å². The molecule has 8 heteroatoms. The summed E-state index contributed by atoms with van der Waals surface area (Å²) in [6.07, 6.45) is 4.68. The highest BCUT2D eigenvalue weighted by Crippen LogP contribution is 2.22. The first-order valence-corrected chi connectivity index (χ1v) is 8.73. The Balaban J connectivity index is 0.00000169. The number of aryl methyl sites for hydroxylation is 1. The van der Waals surface area contributed by atoms with E-state index in [1.807, 2.05) is 24.3 Å². The van der Waals surface area contributed by atoms with Crippen molar-refractivity contribution in [2.75, 3.05) is 6.54 Å². The monoisotopic (exact) mass is 419 g/mol. The van der Waals surface area contributed by atoms with Crippen molar-refractivity contribution < 1.29 is 9.21 Å². The van der Waals surface area contributed by atoms with Crippen LogP contribution in [0.5, 0.6) is 0 Å². The highest BCUT2D eigenvalue weighted by molar-refractivity contribution is 6.30. The summed E-state index contributed by atoms with van der Waals surface area (Å²) < 4.78 is 5.72. The third kappa shape index (κ3) is 6.16. The molecule has 2 atom stereocenters. The van der Waals surface area contributed by atoms with Gasteiger partial charge in [0, 0.05) is 35.5 Å². The van der Waals surface area contributed by atoms with Crippen molar-refractivity contribution in [2.45, 2.75) is 44.7 Å². The van der Waals surface area contributed by atoms with Gasteiger partial charge in [-0.1, -0.05) is 11.6 Å². The van der Waals surface area contributed by atoms with E-state index in [0.29, 0.717) is 35.6 Å². The van der Waals surface area contributed by atoms with Crippen LogP contribution in [0.4, 0.5) is 0 Å². The number of halogens is 3. The number of carbonyl (C=O) groups is 1. The molecule has 3 rings (SSSR count). The number of carbonyl (C=O) groups excluding carboxylic acids is 1. The van der Waals surface area contributed by atoms with Gasteiger partial charge in [0.05, 0.1) is 6.20 Å². The summed E-state index contributed by atoms with van der Waals surface area (Å²) >= 11 is 5.88. The Bertz CT molecular complexity index is 691. The van der Waals surface area contributed by atoms with Gasteiger partial charge >= 0.3 is 0 Å². The predicted octanol–water partition coefficient (Wildman–Crippen LogP) is 4.03. The molecular formula is C18H24Cl3N3O2. The van der Waals surface area contributed by atoms with E-state index in [1.54, 1.807) is 6.20 Å². The van der Waals surface area contributed by atoms with Crippen LogP contribution in [0.1, 0.15) is 32.1 Å². The smallest absolute Gasteiger partial charge is 0.220 e. The number of aromatic nitrogens is 1. The Morgan fingerprint density at radius 3 is 2.77 bits per heavy atom. The topological polar surface area (TPSA) is 67.2 Å². The van der Waals surface area contributed by atoms with Gasteiger partial charge in [-0.15, -0.1) is 24.8 Å². The highest BCUT2D eigenvalue weighted by Gasteiger charge is 2.22. The average Bonchev–Trinajstić information content (AvgIpc) is 3.05. The summed E-state index contributed by atoms with van der Waals surface area (Å²) in [5.41, 5.74) is 0.921. The minimum atomic E-state index is 0. The van der Waals surface area contributed by atoms with E-state index in [1.165, 1.54) is 0 Å². The van der Waals surface area contributed by atoms with E-state index in [2.05, 4.69) is 22.5 Å². The lowest BCUT2D eigenvalue weighted by atomic mass is 10.00. The molecule has 0 radical (unpaired) electrons. The van der Waals surface area contributed by atoms with Crippen LogP contribution in [0.15, 0.2) is 34.9 Å². The molecule has 0 spiro atoms. The molecule has 0 aliphatic carbocycles. The second kappa shape index (κ2) is 10.8. The van der Waals surface area contributed by atoms with Gasteiger partial charge in [-0.3, -0.25) is 4.79 Å². The number of hydrogen-bond donors (Lipinski definition) is 2. The molecule has 1 aromatic carbocycles. The molecule has 0 bridgehead atoms. The third-order valence-corrected chi connectivity index (χ3v) is 4.61.